The van der Waals surface area contributed by atoms with Gasteiger partial charge in [-0.05, 0) is 22.0 Å². The summed E-state index contributed by atoms with van der Waals surface area (Å²) in [7, 11) is 0. The number of primary amides is 1. The molecule has 0 bridgehead atoms. The minimum atomic E-state index is -0.535. The summed E-state index contributed by atoms with van der Waals surface area (Å²) < 4.78 is 6.18. The number of nitrogens with two attached hydrogens (primary N) is 1. The predicted molar refractivity (Wildman–Crippen MR) is 63.1 cm³/mol. The highest BCUT2D eigenvalue weighted by Crippen LogP contribution is 2.20. The third-order valence-corrected chi connectivity index (χ3v) is 2.87. The van der Waals surface area contributed by atoms with Crippen LogP contribution in [0.5, 0.6) is 0 Å². The molecule has 0 saturated carbocycles. The summed E-state index contributed by atoms with van der Waals surface area (Å²) in [5, 5.41) is 0. The zero-order valence-electron chi connectivity index (χ0n) is 8.60. The molecular formula is C10H12BrN3O2. The van der Waals surface area contributed by atoms with Gasteiger partial charge in [0, 0.05) is 17.2 Å². The quantitative estimate of drug-likeness (QED) is 0.861. The van der Waals surface area contributed by atoms with Gasteiger partial charge < -0.3 is 15.4 Å². The Balaban J connectivity index is 2.12. The Morgan fingerprint density at radius 1 is 1.62 bits per heavy atom. The molecular weight excluding hydrogens is 274 g/mol. The summed E-state index contributed by atoms with van der Waals surface area (Å²) in [5.74, 6) is -0.423. The maximum Gasteiger partial charge on any atom is 0.248 e. The number of halogens is 1. The topological polar surface area (TPSA) is 68.5 Å². The second kappa shape index (κ2) is 4.80. The van der Waals surface area contributed by atoms with E-state index in [1.54, 1.807) is 12.4 Å². The highest BCUT2D eigenvalue weighted by molar-refractivity contribution is 9.10. The third-order valence-electron chi connectivity index (χ3n) is 2.44. The van der Waals surface area contributed by atoms with Crippen LogP contribution < -0.4 is 10.6 Å². The first-order chi connectivity index (χ1) is 7.66. The number of carbonyl (C=O) groups excluding carboxylic acids is 1. The molecule has 1 amide bonds. The summed E-state index contributed by atoms with van der Waals surface area (Å²) in [5.41, 5.74) is 6.18. The molecule has 0 aromatic carbocycles. The first-order valence-corrected chi connectivity index (χ1v) is 5.72. The van der Waals surface area contributed by atoms with Crippen molar-refractivity contribution in [2.45, 2.75) is 6.10 Å². The van der Waals surface area contributed by atoms with Crippen molar-refractivity contribution in [1.82, 2.24) is 4.98 Å². The fourth-order valence-corrected chi connectivity index (χ4v) is 1.98. The van der Waals surface area contributed by atoms with E-state index < -0.39 is 12.0 Å². The highest BCUT2D eigenvalue weighted by Gasteiger charge is 2.24. The molecule has 2 heterocycles. The molecule has 6 heteroatoms. The van der Waals surface area contributed by atoms with Crippen molar-refractivity contribution in [3.63, 3.8) is 0 Å². The molecule has 16 heavy (non-hydrogen) atoms. The molecule has 0 spiro atoms. The van der Waals surface area contributed by atoms with Crippen molar-refractivity contribution in [3.05, 3.63) is 22.9 Å². The first-order valence-electron chi connectivity index (χ1n) is 4.93. The van der Waals surface area contributed by atoms with E-state index in [-0.39, 0.29) is 0 Å². The number of anilines is 1. The van der Waals surface area contributed by atoms with E-state index in [1.807, 2.05) is 11.0 Å². The number of pyridine rings is 1. The summed E-state index contributed by atoms with van der Waals surface area (Å²) in [6.45, 7) is 1.72. The number of carbonyl (C=O) groups is 1. The van der Waals surface area contributed by atoms with E-state index in [2.05, 4.69) is 20.9 Å². The molecule has 1 aromatic rings. The molecule has 1 fully saturated rings. The van der Waals surface area contributed by atoms with Gasteiger partial charge in [0.15, 0.2) is 6.10 Å². The minimum Gasteiger partial charge on any atom is -0.367 e. The molecule has 1 atom stereocenters. The van der Waals surface area contributed by atoms with Crippen molar-refractivity contribution in [2.75, 3.05) is 24.6 Å². The maximum atomic E-state index is 11.0. The molecule has 1 saturated heterocycles. The van der Waals surface area contributed by atoms with Crippen LogP contribution in [0.1, 0.15) is 0 Å². The lowest BCUT2D eigenvalue weighted by molar-refractivity contribution is -0.130. The lowest BCUT2D eigenvalue weighted by atomic mass is 10.2. The second-order valence-electron chi connectivity index (χ2n) is 3.57. The van der Waals surface area contributed by atoms with Gasteiger partial charge >= 0.3 is 0 Å². The van der Waals surface area contributed by atoms with Crippen LogP contribution in [-0.2, 0) is 9.53 Å². The summed E-state index contributed by atoms with van der Waals surface area (Å²) in [4.78, 5) is 17.2. The number of ether oxygens (including phenoxy) is 1. The van der Waals surface area contributed by atoms with Gasteiger partial charge in [-0.2, -0.15) is 0 Å². The number of nitrogens with zero attached hydrogens (tertiary/aromatic N) is 2. The molecule has 2 N–H and O–H groups in total. The van der Waals surface area contributed by atoms with Crippen molar-refractivity contribution < 1.29 is 9.53 Å². The third kappa shape index (κ3) is 2.51. The normalized spacial score (nSPS) is 20.8. The lowest BCUT2D eigenvalue weighted by Crippen LogP contribution is -2.48. The predicted octanol–water partition coefficient (Wildman–Crippen LogP) is 0.535. The fourth-order valence-electron chi connectivity index (χ4n) is 1.63. The Bertz CT molecular complexity index is 399. The van der Waals surface area contributed by atoms with Crippen LogP contribution in [0.25, 0.3) is 0 Å². The van der Waals surface area contributed by atoms with E-state index in [4.69, 9.17) is 10.5 Å². The van der Waals surface area contributed by atoms with E-state index in [0.29, 0.717) is 13.2 Å². The molecule has 1 unspecified atom stereocenters. The van der Waals surface area contributed by atoms with Crippen LogP contribution in [0.4, 0.5) is 5.69 Å². The van der Waals surface area contributed by atoms with Gasteiger partial charge in [0.25, 0.3) is 0 Å². The van der Waals surface area contributed by atoms with E-state index in [0.717, 1.165) is 16.7 Å². The number of hydrogen-bond acceptors (Lipinski definition) is 4. The molecule has 2 rings (SSSR count). The van der Waals surface area contributed by atoms with Gasteiger partial charge in [-0.1, -0.05) is 0 Å². The molecule has 0 aliphatic carbocycles. The summed E-state index contributed by atoms with van der Waals surface area (Å²) in [6, 6.07) is 1.95. The van der Waals surface area contributed by atoms with Gasteiger partial charge in [-0.3, -0.25) is 9.78 Å². The van der Waals surface area contributed by atoms with Gasteiger partial charge in [0.1, 0.15) is 0 Å². The first kappa shape index (κ1) is 11.3. The summed E-state index contributed by atoms with van der Waals surface area (Å²) >= 11 is 3.36. The number of amides is 1. The number of aromatic nitrogens is 1. The van der Waals surface area contributed by atoms with Crippen LogP contribution in [0.3, 0.4) is 0 Å². The van der Waals surface area contributed by atoms with Crippen LogP contribution in [0, 0.1) is 0 Å². The van der Waals surface area contributed by atoms with Crippen molar-refractivity contribution in [2.24, 2.45) is 5.73 Å². The van der Waals surface area contributed by atoms with E-state index in [1.165, 1.54) is 0 Å². The zero-order chi connectivity index (χ0) is 11.5. The fraction of sp³-hybridized carbons (Fsp3) is 0.400. The van der Waals surface area contributed by atoms with Crippen molar-refractivity contribution >= 4 is 27.5 Å². The molecule has 86 valence electrons. The standard InChI is InChI=1S/C10H12BrN3O2/c11-7-3-8(5-13-4-7)14-1-2-16-9(6-14)10(12)15/h3-5,9H,1-2,6H2,(H2,12,15). The van der Waals surface area contributed by atoms with Crippen molar-refractivity contribution in [3.8, 4) is 0 Å². The Labute approximate surface area is 102 Å². The minimum absolute atomic E-state index is 0.423. The average Bonchev–Trinajstić information content (AvgIpc) is 2.29. The second-order valence-corrected chi connectivity index (χ2v) is 4.48. The Kier molecular flexibility index (Phi) is 3.40. The summed E-state index contributed by atoms with van der Waals surface area (Å²) in [6.07, 6.45) is 2.94. The Hall–Kier alpha value is -1.14. The molecule has 1 aliphatic rings. The van der Waals surface area contributed by atoms with Crippen LogP contribution in [0.2, 0.25) is 0 Å². The molecule has 1 aromatic heterocycles. The van der Waals surface area contributed by atoms with Crippen LogP contribution in [-0.4, -0.2) is 36.7 Å². The van der Waals surface area contributed by atoms with Crippen LogP contribution in [0.15, 0.2) is 22.9 Å². The maximum absolute atomic E-state index is 11.0. The number of morpholine rings is 1. The smallest absolute Gasteiger partial charge is 0.248 e. The Morgan fingerprint density at radius 3 is 3.12 bits per heavy atom. The number of rotatable bonds is 2. The number of hydrogen-bond donors (Lipinski definition) is 1. The van der Waals surface area contributed by atoms with Crippen LogP contribution >= 0.6 is 15.9 Å². The lowest BCUT2D eigenvalue weighted by Gasteiger charge is -2.32. The molecule has 5 nitrogen and oxygen atoms in total. The van der Waals surface area contributed by atoms with Gasteiger partial charge in [-0.25, -0.2) is 0 Å². The largest absolute Gasteiger partial charge is 0.367 e. The van der Waals surface area contributed by atoms with Gasteiger partial charge in [0.05, 0.1) is 25.0 Å². The monoisotopic (exact) mass is 285 g/mol. The van der Waals surface area contributed by atoms with Crippen molar-refractivity contribution in [1.29, 1.82) is 0 Å². The Morgan fingerprint density at radius 2 is 2.44 bits per heavy atom. The van der Waals surface area contributed by atoms with Gasteiger partial charge in [-0.15, -0.1) is 0 Å². The molecule has 0 radical (unpaired) electrons. The van der Waals surface area contributed by atoms with E-state index >= 15 is 0 Å². The average molecular weight is 286 g/mol. The highest BCUT2D eigenvalue weighted by atomic mass is 79.9. The zero-order valence-corrected chi connectivity index (χ0v) is 10.2. The van der Waals surface area contributed by atoms with E-state index in [9.17, 15) is 4.79 Å². The SMILES string of the molecule is NC(=O)C1CN(c2cncc(Br)c2)CCO1. The van der Waals surface area contributed by atoms with Gasteiger partial charge in [0.2, 0.25) is 5.91 Å². The molecule has 1 aliphatic heterocycles.